The van der Waals surface area contributed by atoms with E-state index in [0.717, 1.165) is 11.3 Å². The Morgan fingerprint density at radius 3 is 2.86 bits per heavy atom. The number of hydrogen-bond donors (Lipinski definition) is 2. The van der Waals surface area contributed by atoms with Crippen molar-refractivity contribution in [2.75, 3.05) is 17.7 Å². The summed E-state index contributed by atoms with van der Waals surface area (Å²) < 4.78 is 18.4. The number of anilines is 2. The summed E-state index contributed by atoms with van der Waals surface area (Å²) in [6.07, 6.45) is 0.626. The van der Waals surface area contributed by atoms with E-state index in [1.54, 1.807) is 6.07 Å². The van der Waals surface area contributed by atoms with Crippen LogP contribution >= 0.6 is 0 Å². The molecule has 0 fully saturated rings. The predicted octanol–water partition coefficient (Wildman–Crippen LogP) is 2.81. The van der Waals surface area contributed by atoms with Crippen LogP contribution in [0, 0.1) is 5.82 Å². The van der Waals surface area contributed by atoms with Gasteiger partial charge in [-0.15, -0.1) is 0 Å². The molecule has 0 saturated carbocycles. The number of nitrogens with one attached hydrogen (secondary N) is 2. The molecule has 0 aliphatic carbocycles. The van der Waals surface area contributed by atoms with E-state index in [4.69, 9.17) is 4.74 Å². The molecule has 3 rings (SSSR count). The Bertz CT molecular complexity index is 663. The summed E-state index contributed by atoms with van der Waals surface area (Å²) in [4.78, 5) is 12.2. The molecule has 5 heteroatoms. The van der Waals surface area contributed by atoms with E-state index in [9.17, 15) is 9.18 Å². The van der Waals surface area contributed by atoms with E-state index < -0.39 is 5.82 Å². The average molecular weight is 286 g/mol. The minimum Gasteiger partial charge on any atom is -0.494 e. The van der Waals surface area contributed by atoms with Crippen molar-refractivity contribution in [3.8, 4) is 5.75 Å². The Labute approximate surface area is 121 Å². The molecule has 1 aliphatic rings. The fraction of sp³-hybridized carbons (Fsp3) is 0.188. The molecule has 1 heterocycles. The maximum absolute atomic E-state index is 13.6. The van der Waals surface area contributed by atoms with E-state index in [1.807, 2.05) is 24.3 Å². The van der Waals surface area contributed by atoms with Gasteiger partial charge in [-0.25, -0.2) is 4.39 Å². The average Bonchev–Trinajstić information content (AvgIpc) is 2.91. The molecule has 0 unspecified atom stereocenters. The van der Waals surface area contributed by atoms with Crippen molar-refractivity contribution >= 4 is 17.3 Å². The van der Waals surface area contributed by atoms with Crippen LogP contribution in [0.2, 0.25) is 0 Å². The van der Waals surface area contributed by atoms with Crippen LogP contribution in [0.4, 0.5) is 15.8 Å². The molecular weight excluding hydrogens is 271 g/mol. The molecule has 0 spiro atoms. The van der Waals surface area contributed by atoms with E-state index in [0.29, 0.717) is 12.1 Å². The largest absolute Gasteiger partial charge is 0.494 e. The second-order valence-corrected chi connectivity index (χ2v) is 4.90. The SMILES string of the molecule is COc1ccc(NC(=O)[C@@H]2Cc3ccccc3N2)cc1F. The minimum atomic E-state index is -0.502. The Morgan fingerprint density at radius 2 is 2.14 bits per heavy atom. The fourth-order valence-electron chi connectivity index (χ4n) is 2.43. The topological polar surface area (TPSA) is 50.4 Å². The first kappa shape index (κ1) is 13.4. The summed E-state index contributed by atoms with van der Waals surface area (Å²) >= 11 is 0. The number of fused-ring (bicyclic) bond motifs is 1. The van der Waals surface area contributed by atoms with Gasteiger partial charge in [-0.2, -0.15) is 0 Å². The molecule has 21 heavy (non-hydrogen) atoms. The van der Waals surface area contributed by atoms with Crippen LogP contribution in [0.3, 0.4) is 0 Å². The van der Waals surface area contributed by atoms with Gasteiger partial charge in [0.05, 0.1) is 7.11 Å². The number of ether oxygens (including phenoxy) is 1. The van der Waals surface area contributed by atoms with Gasteiger partial charge in [0.25, 0.3) is 0 Å². The smallest absolute Gasteiger partial charge is 0.247 e. The summed E-state index contributed by atoms with van der Waals surface area (Å²) in [6, 6.07) is 11.8. The molecule has 1 aliphatic heterocycles. The second kappa shape index (κ2) is 5.44. The van der Waals surface area contributed by atoms with Crippen LogP contribution in [-0.2, 0) is 11.2 Å². The normalized spacial score (nSPS) is 16.0. The van der Waals surface area contributed by atoms with Crippen LogP contribution in [-0.4, -0.2) is 19.1 Å². The highest BCUT2D eigenvalue weighted by molar-refractivity contribution is 5.98. The molecule has 2 aromatic rings. The molecule has 0 bridgehead atoms. The lowest BCUT2D eigenvalue weighted by Gasteiger charge is -2.12. The number of carbonyl (C=O) groups is 1. The second-order valence-electron chi connectivity index (χ2n) is 4.90. The highest BCUT2D eigenvalue weighted by Crippen LogP contribution is 2.26. The summed E-state index contributed by atoms with van der Waals surface area (Å²) in [5.74, 6) is -0.534. The number of methoxy groups -OCH3 is 1. The number of carbonyl (C=O) groups excluding carboxylic acids is 1. The van der Waals surface area contributed by atoms with Crippen molar-refractivity contribution in [3.63, 3.8) is 0 Å². The molecular formula is C16H15FN2O2. The molecule has 2 aromatic carbocycles. The number of para-hydroxylation sites is 1. The van der Waals surface area contributed by atoms with Gasteiger partial charge < -0.3 is 15.4 Å². The van der Waals surface area contributed by atoms with Crippen LogP contribution in [0.25, 0.3) is 0 Å². The number of halogens is 1. The quantitative estimate of drug-likeness (QED) is 0.912. The van der Waals surface area contributed by atoms with Crippen LogP contribution in [0.15, 0.2) is 42.5 Å². The van der Waals surface area contributed by atoms with Crippen molar-refractivity contribution in [1.29, 1.82) is 0 Å². The van der Waals surface area contributed by atoms with Gasteiger partial charge in [0.2, 0.25) is 5.91 Å². The molecule has 1 amide bonds. The third-order valence-corrected chi connectivity index (χ3v) is 3.51. The molecule has 0 aromatic heterocycles. The Hall–Kier alpha value is -2.56. The number of rotatable bonds is 3. The first-order chi connectivity index (χ1) is 10.2. The summed E-state index contributed by atoms with van der Waals surface area (Å²) in [7, 11) is 1.40. The lowest BCUT2D eigenvalue weighted by molar-refractivity contribution is -0.116. The standard InChI is InChI=1S/C16H15FN2O2/c1-21-15-7-6-11(9-12(15)17)18-16(20)14-8-10-4-2-3-5-13(10)19-14/h2-7,9,14,19H,8H2,1H3,(H,18,20)/t14-/m0/s1. The Morgan fingerprint density at radius 1 is 1.33 bits per heavy atom. The predicted molar refractivity (Wildman–Crippen MR) is 79.1 cm³/mol. The highest BCUT2D eigenvalue weighted by Gasteiger charge is 2.26. The zero-order valence-electron chi connectivity index (χ0n) is 11.5. The highest BCUT2D eigenvalue weighted by atomic mass is 19.1. The Balaban J connectivity index is 1.69. The molecule has 2 N–H and O–H groups in total. The number of amides is 1. The van der Waals surface area contributed by atoms with Crippen molar-refractivity contribution < 1.29 is 13.9 Å². The van der Waals surface area contributed by atoms with Gasteiger partial charge in [-0.1, -0.05) is 18.2 Å². The van der Waals surface area contributed by atoms with Gasteiger partial charge in [0.15, 0.2) is 11.6 Å². The Kier molecular flexibility index (Phi) is 3.48. The first-order valence-electron chi connectivity index (χ1n) is 6.66. The summed E-state index contributed by atoms with van der Waals surface area (Å²) in [5, 5.41) is 5.88. The van der Waals surface area contributed by atoms with Crippen molar-refractivity contribution in [3.05, 3.63) is 53.8 Å². The van der Waals surface area contributed by atoms with Crippen molar-refractivity contribution in [2.45, 2.75) is 12.5 Å². The lowest BCUT2D eigenvalue weighted by atomic mass is 10.1. The molecule has 108 valence electrons. The van der Waals surface area contributed by atoms with E-state index in [2.05, 4.69) is 10.6 Å². The third-order valence-electron chi connectivity index (χ3n) is 3.51. The van der Waals surface area contributed by atoms with Crippen LogP contribution < -0.4 is 15.4 Å². The molecule has 4 nitrogen and oxygen atoms in total. The minimum absolute atomic E-state index is 0.152. The zero-order chi connectivity index (χ0) is 14.8. The monoisotopic (exact) mass is 286 g/mol. The van der Waals surface area contributed by atoms with Gasteiger partial charge >= 0.3 is 0 Å². The maximum atomic E-state index is 13.6. The molecule has 1 atom stereocenters. The lowest BCUT2D eigenvalue weighted by Crippen LogP contribution is -2.32. The van der Waals surface area contributed by atoms with Crippen molar-refractivity contribution in [1.82, 2.24) is 0 Å². The molecule has 0 radical (unpaired) electrons. The first-order valence-corrected chi connectivity index (χ1v) is 6.66. The molecule has 0 saturated heterocycles. The number of benzene rings is 2. The van der Waals surface area contributed by atoms with E-state index in [-0.39, 0.29) is 17.7 Å². The maximum Gasteiger partial charge on any atom is 0.247 e. The van der Waals surface area contributed by atoms with E-state index >= 15 is 0 Å². The number of hydrogen-bond acceptors (Lipinski definition) is 3. The van der Waals surface area contributed by atoms with Crippen LogP contribution in [0.5, 0.6) is 5.75 Å². The summed E-state index contributed by atoms with van der Waals surface area (Å²) in [6.45, 7) is 0. The van der Waals surface area contributed by atoms with E-state index in [1.165, 1.54) is 19.2 Å². The zero-order valence-corrected chi connectivity index (χ0v) is 11.5. The van der Waals surface area contributed by atoms with Crippen LogP contribution in [0.1, 0.15) is 5.56 Å². The third kappa shape index (κ3) is 2.67. The van der Waals surface area contributed by atoms with Crippen molar-refractivity contribution in [2.24, 2.45) is 0 Å². The fourth-order valence-corrected chi connectivity index (χ4v) is 2.43. The van der Waals surface area contributed by atoms with Gasteiger partial charge in [0.1, 0.15) is 6.04 Å². The van der Waals surface area contributed by atoms with Gasteiger partial charge in [-0.3, -0.25) is 4.79 Å². The van der Waals surface area contributed by atoms with Gasteiger partial charge in [0, 0.05) is 23.9 Å². The summed E-state index contributed by atoms with van der Waals surface area (Å²) in [5.41, 5.74) is 2.49. The van der Waals surface area contributed by atoms with Gasteiger partial charge in [-0.05, 0) is 23.8 Å².